The quantitative estimate of drug-likeness (QED) is 0.329. The van der Waals surface area contributed by atoms with E-state index in [-0.39, 0.29) is 78.0 Å². The van der Waals surface area contributed by atoms with Crippen molar-refractivity contribution in [2.45, 2.75) is 37.9 Å². The van der Waals surface area contributed by atoms with Crippen LogP contribution in [0.25, 0.3) is 11.2 Å². The lowest BCUT2D eigenvalue weighted by Crippen LogP contribution is -2.40. The van der Waals surface area contributed by atoms with Crippen molar-refractivity contribution in [3.8, 4) is 5.88 Å². The number of alkyl halides is 3. The number of aromatic nitrogens is 4. The van der Waals surface area contributed by atoms with Gasteiger partial charge in [-0.25, -0.2) is 0 Å². The van der Waals surface area contributed by atoms with E-state index in [9.17, 15) is 18.0 Å². The van der Waals surface area contributed by atoms with Crippen LogP contribution in [-0.2, 0) is 4.74 Å². The molecule has 3 aromatic rings. The number of carbonyl (C=O) groups is 1. The second kappa shape index (κ2) is 11.1. The molecular formula is C22H23Cl2F3N6O3. The van der Waals surface area contributed by atoms with Gasteiger partial charge in [0.2, 0.25) is 11.8 Å². The fraction of sp³-hybridized carbons (Fsp3) is 0.455. The third-order valence-corrected chi connectivity index (χ3v) is 6.40. The van der Waals surface area contributed by atoms with Gasteiger partial charge in [-0.05, 0) is 31.7 Å². The average molecular weight is 547 g/mol. The molecule has 1 aliphatic rings. The molecule has 194 valence electrons. The van der Waals surface area contributed by atoms with Gasteiger partial charge >= 0.3 is 6.18 Å². The van der Waals surface area contributed by atoms with Crippen LogP contribution in [0.1, 0.15) is 36.0 Å². The largest absolute Gasteiger partial charge is 0.475 e. The molecule has 0 radical (unpaired) electrons. The van der Waals surface area contributed by atoms with Crippen molar-refractivity contribution >= 4 is 51.9 Å². The zero-order chi connectivity index (χ0) is 25.9. The minimum atomic E-state index is -4.22. The number of pyridine rings is 2. The Labute approximate surface area is 214 Å². The molecule has 0 atom stereocenters. The molecule has 4 rings (SSSR count). The van der Waals surface area contributed by atoms with E-state index in [0.29, 0.717) is 11.2 Å². The summed E-state index contributed by atoms with van der Waals surface area (Å²) in [4.78, 5) is 28.7. The smallest absolute Gasteiger partial charge is 0.391 e. The summed E-state index contributed by atoms with van der Waals surface area (Å²) in [7, 11) is 1.51. The maximum Gasteiger partial charge on any atom is 0.391 e. The number of nitrogens with one attached hydrogen (secondary N) is 3. The maximum absolute atomic E-state index is 13.1. The zero-order valence-corrected chi connectivity index (χ0v) is 20.6. The van der Waals surface area contributed by atoms with Gasteiger partial charge in [0.05, 0.1) is 33.8 Å². The number of hydrogen-bond acceptors (Lipinski definition) is 7. The highest BCUT2D eigenvalue weighted by Gasteiger charge is 2.41. The molecule has 14 heteroatoms. The normalized spacial score (nSPS) is 18.3. The predicted octanol–water partition coefficient (Wildman–Crippen LogP) is 5.28. The second-order valence-electron chi connectivity index (χ2n) is 8.31. The number of fused-ring (bicyclic) bond motifs is 1. The van der Waals surface area contributed by atoms with E-state index in [2.05, 4.69) is 30.6 Å². The lowest BCUT2D eigenvalue weighted by Gasteiger charge is -2.30. The molecule has 0 aromatic carbocycles. The molecule has 3 heterocycles. The van der Waals surface area contributed by atoms with Crippen LogP contribution in [0.3, 0.4) is 0 Å². The summed E-state index contributed by atoms with van der Waals surface area (Å²) in [6, 6.07) is 1.14. The first-order valence-corrected chi connectivity index (χ1v) is 11.9. The number of imidazole rings is 1. The third kappa shape index (κ3) is 6.11. The average Bonchev–Trinajstić information content (AvgIpc) is 3.22. The summed E-state index contributed by atoms with van der Waals surface area (Å²) in [5, 5.41) is 6.34. The predicted molar refractivity (Wildman–Crippen MR) is 128 cm³/mol. The van der Waals surface area contributed by atoms with Crippen molar-refractivity contribution < 1.29 is 27.4 Å². The van der Waals surface area contributed by atoms with Crippen LogP contribution >= 0.6 is 23.2 Å². The molecule has 9 nitrogen and oxygen atoms in total. The SMILES string of the molecule is COCCOc1nc2nc(Nc3c(Cl)cncc3Cl)[nH]c2cc1C(=O)NC1CCC(C(F)(F)F)CC1. The van der Waals surface area contributed by atoms with Crippen molar-refractivity contribution in [2.75, 3.05) is 25.6 Å². The molecule has 3 N–H and O–H groups in total. The van der Waals surface area contributed by atoms with Crippen molar-refractivity contribution in [3.63, 3.8) is 0 Å². The van der Waals surface area contributed by atoms with E-state index in [4.69, 9.17) is 32.7 Å². The first-order valence-electron chi connectivity index (χ1n) is 11.1. The van der Waals surface area contributed by atoms with Crippen LogP contribution in [0.2, 0.25) is 10.0 Å². The van der Waals surface area contributed by atoms with Gasteiger partial charge in [0.15, 0.2) is 5.65 Å². The Kier molecular flexibility index (Phi) is 8.06. The number of methoxy groups -OCH3 is 1. The van der Waals surface area contributed by atoms with Crippen molar-refractivity contribution in [3.05, 3.63) is 34.1 Å². The first-order chi connectivity index (χ1) is 17.2. The van der Waals surface area contributed by atoms with E-state index in [1.807, 2.05) is 0 Å². The summed E-state index contributed by atoms with van der Waals surface area (Å²) in [5.74, 6) is -1.55. The molecule has 1 saturated carbocycles. The highest BCUT2D eigenvalue weighted by atomic mass is 35.5. The van der Waals surface area contributed by atoms with Crippen LogP contribution in [0.15, 0.2) is 18.5 Å². The van der Waals surface area contributed by atoms with Gasteiger partial charge in [0.1, 0.15) is 12.2 Å². The van der Waals surface area contributed by atoms with Crippen LogP contribution in [0.5, 0.6) is 5.88 Å². The lowest BCUT2D eigenvalue weighted by molar-refractivity contribution is -0.182. The summed E-state index contributed by atoms with van der Waals surface area (Å²) >= 11 is 12.3. The fourth-order valence-electron chi connectivity index (χ4n) is 3.96. The fourth-order valence-corrected chi connectivity index (χ4v) is 4.42. The van der Waals surface area contributed by atoms with Crippen molar-refractivity contribution in [2.24, 2.45) is 5.92 Å². The van der Waals surface area contributed by atoms with Gasteiger partial charge in [0, 0.05) is 25.5 Å². The molecule has 1 amide bonds. The van der Waals surface area contributed by atoms with Crippen LogP contribution in [-0.4, -0.2) is 58.4 Å². The van der Waals surface area contributed by atoms with E-state index >= 15 is 0 Å². The summed E-state index contributed by atoms with van der Waals surface area (Å²) in [5.41, 5.74) is 1.18. The molecule has 0 aliphatic heterocycles. The molecular weight excluding hydrogens is 524 g/mol. The zero-order valence-electron chi connectivity index (χ0n) is 19.1. The first kappa shape index (κ1) is 26.2. The highest BCUT2D eigenvalue weighted by molar-refractivity contribution is 6.39. The van der Waals surface area contributed by atoms with Crippen LogP contribution in [0, 0.1) is 5.92 Å². The summed E-state index contributed by atoms with van der Waals surface area (Å²) in [6.45, 7) is 0.387. The summed E-state index contributed by atoms with van der Waals surface area (Å²) in [6.07, 6.45) is -0.971. The number of carbonyl (C=O) groups excluding carboxylic acids is 1. The molecule has 3 aromatic heterocycles. The minimum absolute atomic E-state index is 0.0269. The number of aromatic amines is 1. The minimum Gasteiger partial charge on any atom is -0.475 e. The third-order valence-electron chi connectivity index (χ3n) is 5.83. The lowest BCUT2D eigenvalue weighted by atomic mass is 9.85. The Balaban J connectivity index is 1.56. The Morgan fingerprint density at radius 3 is 2.47 bits per heavy atom. The number of ether oxygens (including phenoxy) is 2. The number of halogens is 5. The Morgan fingerprint density at radius 1 is 1.14 bits per heavy atom. The standard InChI is InChI=1S/C22H23Cl2F3N6O3/c1-35-6-7-36-20-13(19(34)29-12-4-2-11(3-5-12)22(25,26)27)8-16-18(32-20)33-21(30-16)31-17-14(23)9-28-10-15(17)24/h8-12H,2-7H2,1H3,(H,29,34)(H2,28,30,31,32,33). The Morgan fingerprint density at radius 2 is 1.83 bits per heavy atom. The monoisotopic (exact) mass is 546 g/mol. The van der Waals surface area contributed by atoms with Crippen molar-refractivity contribution in [1.29, 1.82) is 0 Å². The van der Waals surface area contributed by atoms with Crippen molar-refractivity contribution in [1.82, 2.24) is 25.3 Å². The van der Waals surface area contributed by atoms with Gasteiger partial charge in [-0.15, -0.1) is 0 Å². The number of hydrogen-bond donors (Lipinski definition) is 3. The molecule has 0 saturated heterocycles. The van der Waals surface area contributed by atoms with Crippen LogP contribution in [0.4, 0.5) is 24.8 Å². The van der Waals surface area contributed by atoms with Gasteiger partial charge in [-0.1, -0.05) is 23.2 Å². The van der Waals surface area contributed by atoms with E-state index < -0.39 is 18.0 Å². The topological polar surface area (TPSA) is 114 Å². The van der Waals surface area contributed by atoms with E-state index in [0.717, 1.165) is 0 Å². The number of rotatable bonds is 8. The molecule has 0 unspecified atom stereocenters. The van der Waals surface area contributed by atoms with Crippen LogP contribution < -0.4 is 15.4 Å². The molecule has 1 aliphatic carbocycles. The summed E-state index contributed by atoms with van der Waals surface area (Å²) < 4.78 is 49.6. The molecule has 36 heavy (non-hydrogen) atoms. The molecule has 0 spiro atoms. The van der Waals surface area contributed by atoms with E-state index in [1.165, 1.54) is 25.6 Å². The number of nitrogens with zero attached hydrogens (tertiary/aromatic N) is 3. The van der Waals surface area contributed by atoms with E-state index in [1.54, 1.807) is 0 Å². The highest BCUT2D eigenvalue weighted by Crippen LogP contribution is 2.38. The van der Waals surface area contributed by atoms with Gasteiger partial charge in [-0.3, -0.25) is 9.78 Å². The second-order valence-corrected chi connectivity index (χ2v) is 9.12. The van der Waals surface area contributed by atoms with Gasteiger partial charge in [-0.2, -0.15) is 23.1 Å². The number of H-pyrrole nitrogens is 1. The van der Waals surface area contributed by atoms with Gasteiger partial charge in [0.25, 0.3) is 5.91 Å². The Hall–Kier alpha value is -2.83. The Bertz CT molecular complexity index is 1210. The molecule has 0 bridgehead atoms. The molecule has 1 fully saturated rings. The number of anilines is 2. The van der Waals surface area contributed by atoms with Gasteiger partial charge < -0.3 is 25.1 Å². The maximum atomic E-state index is 13.1. The number of amides is 1.